The largest absolute Gasteiger partial charge is 0.262 e. The highest BCUT2D eigenvalue weighted by Gasteiger charge is 2.58. The van der Waals surface area contributed by atoms with Crippen LogP contribution in [0.5, 0.6) is 0 Å². The number of hydrogen-bond acceptors (Lipinski definition) is 0. The molecule has 122 valence electrons. The third kappa shape index (κ3) is 1.70. The number of hydrogen-bond donors (Lipinski definition) is 0. The lowest BCUT2D eigenvalue weighted by Crippen LogP contribution is -2.48. The van der Waals surface area contributed by atoms with E-state index >= 15 is 4.39 Å². The predicted molar refractivity (Wildman–Crippen MR) is 88.5 cm³/mol. The van der Waals surface area contributed by atoms with Crippen LogP contribution < -0.4 is 0 Å². The normalized spacial score (nSPS) is 32.3. The Morgan fingerprint density at radius 3 is 2.75 bits per heavy atom. The fourth-order valence-electron chi connectivity index (χ4n) is 4.89. The highest BCUT2D eigenvalue weighted by Crippen LogP contribution is 2.60. The molecule has 1 aromatic carbocycles. The molecule has 2 unspecified atom stereocenters. The van der Waals surface area contributed by atoms with Crippen LogP contribution in [0.25, 0.3) is 5.57 Å². The first-order valence-corrected chi connectivity index (χ1v) is 8.39. The van der Waals surface area contributed by atoms with Crippen LogP contribution in [-0.2, 0) is 6.42 Å². The van der Waals surface area contributed by atoms with Gasteiger partial charge >= 0.3 is 0 Å². The van der Waals surface area contributed by atoms with Crippen molar-refractivity contribution in [1.82, 2.24) is 0 Å². The van der Waals surface area contributed by atoms with E-state index in [1.165, 1.54) is 13.0 Å². The molecule has 5 rings (SSSR count). The lowest BCUT2D eigenvalue weighted by Gasteiger charge is -2.44. The van der Waals surface area contributed by atoms with E-state index in [9.17, 15) is 8.78 Å². The summed E-state index contributed by atoms with van der Waals surface area (Å²) in [6.07, 6.45) is 5.87. The van der Waals surface area contributed by atoms with E-state index in [2.05, 4.69) is 12.1 Å². The number of rotatable bonds is 0. The first kappa shape index (κ1) is 14.3. The molecule has 2 atom stereocenters. The van der Waals surface area contributed by atoms with Gasteiger partial charge in [0, 0.05) is 6.42 Å². The summed E-state index contributed by atoms with van der Waals surface area (Å²) in [4.78, 5) is 0. The van der Waals surface area contributed by atoms with Crippen molar-refractivity contribution in [1.29, 1.82) is 0 Å². The Balaban J connectivity index is 1.86. The van der Waals surface area contributed by atoms with Gasteiger partial charge in [-0.15, -0.1) is 0 Å². The average Bonchev–Trinajstić information content (AvgIpc) is 2.85. The molecule has 24 heavy (non-hydrogen) atoms. The molecule has 1 aromatic rings. The SMILES string of the molecule is CC1(F)C=CC2=C3C4=C(CC=C4CC(F)(F)C31)c1ccccc1C2. The van der Waals surface area contributed by atoms with Crippen LogP contribution >= 0.6 is 0 Å². The van der Waals surface area contributed by atoms with Crippen molar-refractivity contribution in [2.75, 3.05) is 0 Å². The second-order valence-corrected chi connectivity index (χ2v) is 7.42. The molecule has 0 bridgehead atoms. The molecule has 1 fully saturated rings. The fraction of sp³-hybridized carbons (Fsp3) is 0.333. The van der Waals surface area contributed by atoms with Crippen LogP contribution in [0.2, 0.25) is 0 Å². The van der Waals surface area contributed by atoms with Crippen molar-refractivity contribution in [2.45, 2.75) is 37.8 Å². The van der Waals surface area contributed by atoms with E-state index in [0.717, 1.165) is 27.8 Å². The standard InChI is InChI=1S/C21H17F3/c1-20(22)9-8-13-10-12-4-2-3-5-15(12)16-7-6-14-11-21(23,24)19(20)18(13)17(14)16/h2-6,8-9,19H,7,10-11H2,1H3. The maximum atomic E-state index is 15.1. The summed E-state index contributed by atoms with van der Waals surface area (Å²) >= 11 is 0. The lowest BCUT2D eigenvalue weighted by atomic mass is 9.65. The third-order valence-corrected chi connectivity index (χ3v) is 5.83. The van der Waals surface area contributed by atoms with Gasteiger partial charge in [-0.25, -0.2) is 13.2 Å². The second kappa shape index (κ2) is 4.33. The summed E-state index contributed by atoms with van der Waals surface area (Å²) in [5.74, 6) is -4.45. The van der Waals surface area contributed by atoms with Gasteiger partial charge in [0.05, 0.1) is 5.92 Å². The summed E-state index contributed by atoms with van der Waals surface area (Å²) in [7, 11) is 0. The molecular weight excluding hydrogens is 309 g/mol. The van der Waals surface area contributed by atoms with Gasteiger partial charge in [0.25, 0.3) is 5.92 Å². The highest BCUT2D eigenvalue weighted by atomic mass is 19.3. The minimum Gasteiger partial charge on any atom is -0.239 e. The smallest absolute Gasteiger partial charge is 0.239 e. The minimum atomic E-state index is -3.06. The Labute approximate surface area is 139 Å². The summed E-state index contributed by atoms with van der Waals surface area (Å²) < 4.78 is 44.9. The Kier molecular flexibility index (Phi) is 2.58. The Morgan fingerprint density at radius 1 is 1.12 bits per heavy atom. The third-order valence-electron chi connectivity index (χ3n) is 5.83. The number of allylic oxidation sites excluding steroid dienone is 8. The summed E-state index contributed by atoms with van der Waals surface area (Å²) in [5, 5.41) is 0. The summed E-state index contributed by atoms with van der Waals surface area (Å²) in [6, 6.07) is 8.08. The van der Waals surface area contributed by atoms with E-state index in [0.29, 0.717) is 24.0 Å². The van der Waals surface area contributed by atoms with E-state index in [-0.39, 0.29) is 6.42 Å². The number of alkyl halides is 3. The first-order valence-electron chi connectivity index (χ1n) is 8.39. The molecule has 4 aliphatic carbocycles. The number of fused-ring (bicyclic) bond motifs is 2. The zero-order valence-electron chi connectivity index (χ0n) is 13.4. The molecule has 3 heteroatoms. The van der Waals surface area contributed by atoms with Crippen LogP contribution in [0.1, 0.15) is 30.9 Å². The maximum absolute atomic E-state index is 15.1. The van der Waals surface area contributed by atoms with E-state index < -0.39 is 17.5 Å². The van der Waals surface area contributed by atoms with Crippen molar-refractivity contribution < 1.29 is 13.2 Å². The molecule has 0 radical (unpaired) electrons. The molecule has 0 heterocycles. The first-order chi connectivity index (χ1) is 11.4. The summed E-state index contributed by atoms with van der Waals surface area (Å²) in [6.45, 7) is 1.29. The van der Waals surface area contributed by atoms with Gasteiger partial charge in [0.2, 0.25) is 0 Å². The molecule has 0 saturated heterocycles. The van der Waals surface area contributed by atoms with Gasteiger partial charge < -0.3 is 0 Å². The van der Waals surface area contributed by atoms with Gasteiger partial charge in [-0.05, 0) is 64.8 Å². The molecule has 0 spiro atoms. The van der Waals surface area contributed by atoms with E-state index in [1.807, 2.05) is 18.2 Å². The zero-order chi connectivity index (χ0) is 16.7. The van der Waals surface area contributed by atoms with Gasteiger partial charge in [-0.1, -0.05) is 36.4 Å². The quantitative estimate of drug-likeness (QED) is 0.584. The lowest BCUT2D eigenvalue weighted by molar-refractivity contribution is -0.0892. The van der Waals surface area contributed by atoms with Crippen molar-refractivity contribution in [3.8, 4) is 0 Å². The van der Waals surface area contributed by atoms with Gasteiger partial charge in [-0.3, -0.25) is 0 Å². The molecule has 4 aliphatic rings. The van der Waals surface area contributed by atoms with Crippen LogP contribution in [0, 0.1) is 5.92 Å². The molecule has 0 amide bonds. The van der Waals surface area contributed by atoms with E-state index in [4.69, 9.17) is 0 Å². The van der Waals surface area contributed by atoms with Crippen LogP contribution in [0.15, 0.2) is 64.8 Å². The second-order valence-electron chi connectivity index (χ2n) is 7.42. The van der Waals surface area contributed by atoms with Gasteiger partial charge in [0.1, 0.15) is 5.67 Å². The van der Waals surface area contributed by atoms with E-state index in [1.54, 1.807) is 6.08 Å². The van der Waals surface area contributed by atoms with Gasteiger partial charge in [-0.2, -0.15) is 0 Å². The number of halogens is 3. The molecular formula is C21H17F3. The molecule has 0 nitrogen and oxygen atoms in total. The molecule has 0 N–H and O–H groups in total. The molecule has 1 saturated carbocycles. The summed E-state index contributed by atoms with van der Waals surface area (Å²) in [5.41, 5.74) is 4.34. The zero-order valence-corrected chi connectivity index (χ0v) is 13.4. The minimum absolute atomic E-state index is 0.358. The monoisotopic (exact) mass is 326 g/mol. The van der Waals surface area contributed by atoms with Gasteiger partial charge in [0.15, 0.2) is 0 Å². The van der Waals surface area contributed by atoms with Crippen molar-refractivity contribution in [3.63, 3.8) is 0 Å². The Hall–Kier alpha value is -2.03. The molecule has 0 aliphatic heterocycles. The number of benzene rings is 1. The van der Waals surface area contributed by atoms with Crippen LogP contribution in [0.4, 0.5) is 13.2 Å². The predicted octanol–water partition coefficient (Wildman–Crippen LogP) is 5.58. The highest BCUT2D eigenvalue weighted by molar-refractivity contribution is 5.86. The van der Waals surface area contributed by atoms with Crippen molar-refractivity contribution in [3.05, 3.63) is 75.9 Å². The van der Waals surface area contributed by atoms with Crippen molar-refractivity contribution in [2.24, 2.45) is 5.92 Å². The average molecular weight is 326 g/mol. The topological polar surface area (TPSA) is 0 Å². The van der Waals surface area contributed by atoms with Crippen LogP contribution in [0.3, 0.4) is 0 Å². The van der Waals surface area contributed by atoms with Crippen molar-refractivity contribution >= 4 is 5.57 Å². The Morgan fingerprint density at radius 2 is 1.92 bits per heavy atom. The maximum Gasteiger partial charge on any atom is 0.262 e. The Bertz CT molecular complexity index is 893. The van der Waals surface area contributed by atoms with Crippen LogP contribution in [-0.4, -0.2) is 11.6 Å². The molecule has 0 aromatic heterocycles. The fourth-order valence-corrected chi connectivity index (χ4v) is 4.89.